The minimum atomic E-state index is 0.608. The molecule has 1 aliphatic carbocycles. The van der Waals surface area contributed by atoms with E-state index in [0.717, 1.165) is 29.6 Å². The minimum absolute atomic E-state index is 0.608. The molecule has 0 radical (unpaired) electrons. The molecule has 3 heterocycles. The van der Waals surface area contributed by atoms with E-state index in [0.29, 0.717) is 12.5 Å². The standard InChI is InChI=1S/C22H24N6/c1-2-5-15(4-1)17-12-21(25-14-17)27-20-9-11-24-22(28-20)26-13-16-6-3-7-19-18(16)8-10-23-19/h3,6-12,15,23H,1-2,4-5,13-14H2,(H2,24,25,26,27,28). The van der Waals surface area contributed by atoms with E-state index in [4.69, 9.17) is 0 Å². The van der Waals surface area contributed by atoms with Gasteiger partial charge in [0.25, 0.3) is 0 Å². The first kappa shape index (κ1) is 17.0. The van der Waals surface area contributed by atoms with Crippen molar-refractivity contribution in [1.29, 1.82) is 0 Å². The van der Waals surface area contributed by atoms with E-state index >= 15 is 0 Å². The Morgan fingerprint density at radius 2 is 2.04 bits per heavy atom. The van der Waals surface area contributed by atoms with Crippen LogP contribution in [-0.4, -0.2) is 27.3 Å². The Morgan fingerprint density at radius 1 is 1.11 bits per heavy atom. The zero-order chi connectivity index (χ0) is 18.8. The van der Waals surface area contributed by atoms with Crippen LogP contribution in [0.4, 0.5) is 11.8 Å². The number of fused-ring (bicyclic) bond motifs is 1. The average Bonchev–Trinajstić information content (AvgIpc) is 3.47. The second kappa shape index (κ2) is 7.46. The molecule has 2 aliphatic rings. The van der Waals surface area contributed by atoms with Crippen molar-refractivity contribution in [2.24, 2.45) is 10.9 Å². The molecule has 5 rings (SSSR count). The first-order valence-corrected chi connectivity index (χ1v) is 9.99. The Labute approximate surface area is 164 Å². The smallest absolute Gasteiger partial charge is 0.224 e. The highest BCUT2D eigenvalue weighted by Gasteiger charge is 2.22. The summed E-state index contributed by atoms with van der Waals surface area (Å²) < 4.78 is 0. The molecule has 28 heavy (non-hydrogen) atoms. The summed E-state index contributed by atoms with van der Waals surface area (Å²) in [4.78, 5) is 16.8. The summed E-state index contributed by atoms with van der Waals surface area (Å²) >= 11 is 0. The van der Waals surface area contributed by atoms with Crippen molar-refractivity contribution in [2.45, 2.75) is 32.2 Å². The first-order chi connectivity index (χ1) is 13.8. The predicted octanol–water partition coefficient (Wildman–Crippen LogP) is 4.51. The molecule has 1 aromatic carbocycles. The number of aromatic amines is 1. The number of hydrogen-bond donors (Lipinski definition) is 3. The Balaban J connectivity index is 1.25. The number of hydrogen-bond acceptors (Lipinski definition) is 5. The number of nitrogens with one attached hydrogen (secondary N) is 3. The first-order valence-electron chi connectivity index (χ1n) is 9.99. The number of aliphatic imine (C=N–C) groups is 1. The zero-order valence-corrected chi connectivity index (χ0v) is 15.8. The number of nitrogens with zero attached hydrogens (tertiary/aromatic N) is 3. The second-order valence-electron chi connectivity index (χ2n) is 7.50. The van der Waals surface area contributed by atoms with Gasteiger partial charge < -0.3 is 15.6 Å². The number of anilines is 2. The number of amidine groups is 1. The molecule has 3 aromatic rings. The summed E-state index contributed by atoms with van der Waals surface area (Å²) in [5.41, 5.74) is 3.82. The van der Waals surface area contributed by atoms with Crippen molar-refractivity contribution < 1.29 is 0 Å². The number of rotatable bonds is 5. The Kier molecular flexibility index (Phi) is 4.53. The predicted molar refractivity (Wildman–Crippen MR) is 114 cm³/mol. The van der Waals surface area contributed by atoms with Gasteiger partial charge in [0.15, 0.2) is 0 Å². The zero-order valence-electron chi connectivity index (χ0n) is 15.8. The molecule has 0 spiro atoms. The molecule has 0 unspecified atom stereocenters. The van der Waals surface area contributed by atoms with Gasteiger partial charge in [-0.2, -0.15) is 4.98 Å². The minimum Gasteiger partial charge on any atom is -0.361 e. The van der Waals surface area contributed by atoms with Crippen molar-refractivity contribution in [3.63, 3.8) is 0 Å². The van der Waals surface area contributed by atoms with Gasteiger partial charge in [0.1, 0.15) is 11.7 Å². The number of aromatic nitrogens is 3. The van der Waals surface area contributed by atoms with Crippen molar-refractivity contribution in [3.8, 4) is 0 Å². The second-order valence-corrected chi connectivity index (χ2v) is 7.50. The topological polar surface area (TPSA) is 78.0 Å². The SMILES string of the molecule is C1=C(C2CCCC2)CN=C1Nc1ccnc(NCc2cccc3[nH]ccc23)n1. The number of benzene rings is 1. The molecular weight excluding hydrogens is 348 g/mol. The quantitative estimate of drug-likeness (QED) is 0.616. The van der Waals surface area contributed by atoms with E-state index in [1.54, 1.807) is 6.20 Å². The van der Waals surface area contributed by atoms with Crippen molar-refractivity contribution >= 4 is 28.5 Å². The normalized spacial score (nSPS) is 17.0. The van der Waals surface area contributed by atoms with Crippen LogP contribution in [0.15, 0.2) is 59.4 Å². The maximum absolute atomic E-state index is 4.64. The molecule has 3 N–H and O–H groups in total. The molecular formula is C22H24N6. The lowest BCUT2D eigenvalue weighted by Crippen LogP contribution is -2.11. The number of H-pyrrole nitrogens is 1. The van der Waals surface area contributed by atoms with Crippen LogP contribution in [-0.2, 0) is 6.54 Å². The fraction of sp³-hybridized carbons (Fsp3) is 0.318. The molecule has 142 valence electrons. The van der Waals surface area contributed by atoms with Crippen LogP contribution in [0.25, 0.3) is 10.9 Å². The third-order valence-corrected chi connectivity index (χ3v) is 5.67. The van der Waals surface area contributed by atoms with E-state index in [2.05, 4.69) is 60.9 Å². The van der Waals surface area contributed by atoms with Crippen LogP contribution in [0, 0.1) is 5.92 Å². The highest BCUT2D eigenvalue weighted by atomic mass is 15.2. The third kappa shape index (κ3) is 3.50. The largest absolute Gasteiger partial charge is 0.361 e. The van der Waals surface area contributed by atoms with Gasteiger partial charge in [0.05, 0.1) is 6.54 Å². The van der Waals surface area contributed by atoms with Gasteiger partial charge in [-0.05, 0) is 54.2 Å². The van der Waals surface area contributed by atoms with E-state index in [-0.39, 0.29) is 0 Å². The van der Waals surface area contributed by atoms with Crippen molar-refractivity contribution in [3.05, 3.63) is 59.9 Å². The van der Waals surface area contributed by atoms with Crippen LogP contribution in [0.1, 0.15) is 31.2 Å². The molecule has 1 saturated carbocycles. The van der Waals surface area contributed by atoms with Crippen LogP contribution < -0.4 is 10.6 Å². The Hall–Kier alpha value is -3.15. The molecule has 0 saturated heterocycles. The van der Waals surface area contributed by atoms with E-state index < -0.39 is 0 Å². The van der Waals surface area contributed by atoms with Crippen LogP contribution >= 0.6 is 0 Å². The molecule has 0 atom stereocenters. The molecule has 1 fully saturated rings. The Morgan fingerprint density at radius 3 is 2.96 bits per heavy atom. The molecule has 6 nitrogen and oxygen atoms in total. The lowest BCUT2D eigenvalue weighted by atomic mass is 9.98. The highest BCUT2D eigenvalue weighted by Crippen LogP contribution is 2.32. The lowest BCUT2D eigenvalue weighted by Gasteiger charge is -2.09. The molecule has 2 aromatic heterocycles. The maximum Gasteiger partial charge on any atom is 0.224 e. The van der Waals surface area contributed by atoms with Crippen LogP contribution in [0.5, 0.6) is 0 Å². The molecule has 6 heteroatoms. The summed E-state index contributed by atoms with van der Waals surface area (Å²) in [5, 5.41) is 7.88. The average molecular weight is 372 g/mol. The van der Waals surface area contributed by atoms with E-state index in [1.165, 1.54) is 42.2 Å². The van der Waals surface area contributed by atoms with E-state index in [1.807, 2.05) is 12.3 Å². The fourth-order valence-corrected chi connectivity index (χ4v) is 4.19. The van der Waals surface area contributed by atoms with E-state index in [9.17, 15) is 0 Å². The van der Waals surface area contributed by atoms with Crippen molar-refractivity contribution in [1.82, 2.24) is 15.0 Å². The van der Waals surface area contributed by atoms with Gasteiger partial charge in [-0.25, -0.2) is 4.98 Å². The van der Waals surface area contributed by atoms with Gasteiger partial charge in [0, 0.05) is 29.8 Å². The summed E-state index contributed by atoms with van der Waals surface area (Å²) in [6.45, 7) is 1.50. The summed E-state index contributed by atoms with van der Waals surface area (Å²) in [6, 6.07) is 10.2. The van der Waals surface area contributed by atoms with Gasteiger partial charge in [-0.3, -0.25) is 4.99 Å². The Bertz CT molecular complexity index is 1040. The van der Waals surface area contributed by atoms with Crippen molar-refractivity contribution in [2.75, 3.05) is 17.2 Å². The highest BCUT2D eigenvalue weighted by molar-refractivity contribution is 6.05. The molecule has 1 aliphatic heterocycles. The summed E-state index contributed by atoms with van der Waals surface area (Å²) in [5.74, 6) is 3.00. The maximum atomic E-state index is 4.64. The molecule has 0 bridgehead atoms. The molecule has 0 amide bonds. The third-order valence-electron chi connectivity index (χ3n) is 5.67. The van der Waals surface area contributed by atoms with Gasteiger partial charge in [-0.15, -0.1) is 0 Å². The lowest BCUT2D eigenvalue weighted by molar-refractivity contribution is 0.635. The van der Waals surface area contributed by atoms with Gasteiger partial charge in [-0.1, -0.05) is 25.0 Å². The van der Waals surface area contributed by atoms with Crippen LogP contribution in [0.2, 0.25) is 0 Å². The fourth-order valence-electron chi connectivity index (χ4n) is 4.19. The van der Waals surface area contributed by atoms with Crippen LogP contribution in [0.3, 0.4) is 0 Å². The summed E-state index contributed by atoms with van der Waals surface area (Å²) in [7, 11) is 0. The monoisotopic (exact) mass is 372 g/mol. The van der Waals surface area contributed by atoms with Gasteiger partial charge in [0.2, 0.25) is 5.95 Å². The van der Waals surface area contributed by atoms with Gasteiger partial charge >= 0.3 is 0 Å². The summed E-state index contributed by atoms with van der Waals surface area (Å²) in [6.07, 6.45) is 11.3.